The number of benzene rings is 1. The lowest BCUT2D eigenvalue weighted by molar-refractivity contribution is -0.136. The largest absolute Gasteiger partial charge is 0.497 e. The molecule has 1 fully saturated rings. The average Bonchev–Trinajstić information content (AvgIpc) is 2.66. The van der Waals surface area contributed by atoms with Gasteiger partial charge in [-0.3, -0.25) is 9.69 Å². The Kier molecular flexibility index (Phi) is 7.51. The van der Waals surface area contributed by atoms with Gasteiger partial charge < -0.3 is 14.4 Å². The normalized spacial score (nSPS) is 15.5. The lowest BCUT2D eigenvalue weighted by Gasteiger charge is -2.34. The molecule has 0 aromatic heterocycles. The van der Waals surface area contributed by atoms with Crippen LogP contribution < -0.4 is 9.47 Å². The second-order valence-corrected chi connectivity index (χ2v) is 7.04. The Labute approximate surface area is 157 Å². The van der Waals surface area contributed by atoms with E-state index in [-0.39, 0.29) is 11.8 Å². The Balaban J connectivity index is 1.92. The van der Waals surface area contributed by atoms with Crippen LogP contribution in [0.15, 0.2) is 30.4 Å². The van der Waals surface area contributed by atoms with Crippen molar-refractivity contribution in [3.8, 4) is 11.5 Å². The maximum absolute atomic E-state index is 12.7. The first-order valence-corrected chi connectivity index (χ1v) is 9.34. The number of hydrogen-bond donors (Lipinski definition) is 0. The highest BCUT2D eigenvalue weighted by Crippen LogP contribution is 2.28. The zero-order chi connectivity index (χ0) is 19.1. The van der Waals surface area contributed by atoms with Gasteiger partial charge in [-0.05, 0) is 45.8 Å². The van der Waals surface area contributed by atoms with Crippen molar-refractivity contribution in [1.29, 1.82) is 0 Å². The van der Waals surface area contributed by atoms with E-state index in [0.29, 0.717) is 6.54 Å². The quantitative estimate of drug-likeness (QED) is 0.667. The van der Waals surface area contributed by atoms with Crippen LogP contribution in [0.1, 0.15) is 32.3 Å². The SMILES string of the molecule is C=C(C)CN(CC)C(=O)C1CCN(Cc2ccc(OC)cc2OC)CC1. The summed E-state index contributed by atoms with van der Waals surface area (Å²) in [6.45, 7) is 12.0. The highest BCUT2D eigenvalue weighted by atomic mass is 16.5. The molecule has 1 amide bonds. The molecule has 26 heavy (non-hydrogen) atoms. The van der Waals surface area contributed by atoms with E-state index < -0.39 is 0 Å². The van der Waals surface area contributed by atoms with Crippen molar-refractivity contribution in [2.24, 2.45) is 5.92 Å². The van der Waals surface area contributed by atoms with Crippen molar-refractivity contribution in [2.75, 3.05) is 40.4 Å². The second-order valence-electron chi connectivity index (χ2n) is 7.04. The second kappa shape index (κ2) is 9.62. The number of methoxy groups -OCH3 is 2. The van der Waals surface area contributed by atoms with Gasteiger partial charge in [-0.1, -0.05) is 18.2 Å². The van der Waals surface area contributed by atoms with Crippen LogP contribution in [0.2, 0.25) is 0 Å². The highest BCUT2D eigenvalue weighted by molar-refractivity contribution is 5.79. The van der Waals surface area contributed by atoms with Crippen LogP contribution >= 0.6 is 0 Å². The number of likely N-dealkylation sites (tertiary alicyclic amines) is 1. The first kappa shape index (κ1) is 20.3. The van der Waals surface area contributed by atoms with Crippen molar-refractivity contribution >= 4 is 5.91 Å². The minimum atomic E-state index is 0.128. The summed E-state index contributed by atoms with van der Waals surface area (Å²) in [5, 5.41) is 0. The van der Waals surface area contributed by atoms with Gasteiger partial charge in [-0.25, -0.2) is 0 Å². The van der Waals surface area contributed by atoms with Crippen molar-refractivity contribution in [3.63, 3.8) is 0 Å². The van der Waals surface area contributed by atoms with Gasteiger partial charge in [0.1, 0.15) is 11.5 Å². The summed E-state index contributed by atoms with van der Waals surface area (Å²) in [6, 6.07) is 5.94. The van der Waals surface area contributed by atoms with Crippen molar-refractivity contribution < 1.29 is 14.3 Å². The molecular weight excluding hydrogens is 328 g/mol. The maximum atomic E-state index is 12.7. The molecule has 1 saturated heterocycles. The predicted octanol–water partition coefficient (Wildman–Crippen LogP) is 3.34. The molecule has 1 aliphatic rings. The summed E-state index contributed by atoms with van der Waals surface area (Å²) in [5.74, 6) is 2.05. The maximum Gasteiger partial charge on any atom is 0.226 e. The summed E-state index contributed by atoms with van der Waals surface area (Å²) in [5.41, 5.74) is 2.18. The lowest BCUT2D eigenvalue weighted by atomic mass is 9.94. The Hall–Kier alpha value is -2.01. The summed E-state index contributed by atoms with van der Waals surface area (Å²) < 4.78 is 10.8. The van der Waals surface area contributed by atoms with Crippen molar-refractivity contribution in [1.82, 2.24) is 9.80 Å². The zero-order valence-corrected chi connectivity index (χ0v) is 16.6. The molecule has 0 spiro atoms. The average molecular weight is 360 g/mol. The van der Waals surface area contributed by atoms with E-state index in [0.717, 1.165) is 61.7 Å². The topological polar surface area (TPSA) is 42.0 Å². The molecule has 0 radical (unpaired) electrons. The van der Waals surface area contributed by atoms with Gasteiger partial charge in [0.15, 0.2) is 0 Å². The van der Waals surface area contributed by atoms with E-state index in [2.05, 4.69) is 17.5 Å². The molecule has 0 bridgehead atoms. The number of ether oxygens (including phenoxy) is 2. The van der Waals surface area contributed by atoms with Crippen LogP contribution in [-0.4, -0.2) is 56.1 Å². The molecule has 0 N–H and O–H groups in total. The molecule has 5 heteroatoms. The van der Waals surface area contributed by atoms with E-state index in [9.17, 15) is 4.79 Å². The van der Waals surface area contributed by atoms with E-state index in [1.807, 2.05) is 30.9 Å². The minimum absolute atomic E-state index is 0.128. The van der Waals surface area contributed by atoms with Crippen LogP contribution in [0.4, 0.5) is 0 Å². The first-order valence-electron chi connectivity index (χ1n) is 9.34. The Morgan fingerprint density at radius 3 is 2.50 bits per heavy atom. The number of rotatable bonds is 8. The van der Waals surface area contributed by atoms with Gasteiger partial charge in [-0.15, -0.1) is 0 Å². The van der Waals surface area contributed by atoms with E-state index >= 15 is 0 Å². The Morgan fingerprint density at radius 2 is 1.96 bits per heavy atom. The monoisotopic (exact) mass is 360 g/mol. The van der Waals surface area contributed by atoms with Gasteiger partial charge >= 0.3 is 0 Å². The van der Waals surface area contributed by atoms with Gasteiger partial charge in [-0.2, -0.15) is 0 Å². The molecule has 2 rings (SSSR count). The fourth-order valence-electron chi connectivity index (χ4n) is 3.49. The van der Waals surface area contributed by atoms with Gasteiger partial charge in [0.2, 0.25) is 5.91 Å². The van der Waals surface area contributed by atoms with Gasteiger partial charge in [0.05, 0.1) is 14.2 Å². The van der Waals surface area contributed by atoms with E-state index in [1.165, 1.54) is 0 Å². The fourth-order valence-corrected chi connectivity index (χ4v) is 3.49. The third-order valence-corrected chi connectivity index (χ3v) is 4.98. The predicted molar refractivity (Wildman–Crippen MR) is 105 cm³/mol. The smallest absolute Gasteiger partial charge is 0.226 e. The van der Waals surface area contributed by atoms with Crippen LogP contribution in [0, 0.1) is 5.92 Å². The Morgan fingerprint density at radius 1 is 1.27 bits per heavy atom. The number of carbonyl (C=O) groups is 1. The molecule has 0 aliphatic carbocycles. The molecule has 1 aliphatic heterocycles. The lowest BCUT2D eigenvalue weighted by Crippen LogP contribution is -2.42. The molecular formula is C21H32N2O3. The molecule has 1 heterocycles. The molecule has 0 saturated carbocycles. The number of piperidine rings is 1. The van der Waals surface area contributed by atoms with Crippen molar-refractivity contribution in [2.45, 2.75) is 33.2 Å². The zero-order valence-electron chi connectivity index (χ0n) is 16.6. The molecule has 1 aromatic rings. The number of nitrogens with zero attached hydrogens (tertiary/aromatic N) is 2. The standard InChI is InChI=1S/C21H32N2O3/c1-6-23(14-16(2)3)21(24)17-9-11-22(12-10-17)15-18-7-8-19(25-4)13-20(18)26-5/h7-8,13,17H,2,6,9-12,14-15H2,1,3-5H3. The van der Waals surface area contributed by atoms with Gasteiger partial charge in [0.25, 0.3) is 0 Å². The van der Waals surface area contributed by atoms with Gasteiger partial charge in [0, 0.05) is 37.2 Å². The molecule has 0 unspecified atom stereocenters. The van der Waals surface area contributed by atoms with Crippen LogP contribution in [0.5, 0.6) is 11.5 Å². The third kappa shape index (κ3) is 5.24. The van der Waals surface area contributed by atoms with Crippen LogP contribution in [-0.2, 0) is 11.3 Å². The third-order valence-electron chi connectivity index (χ3n) is 4.98. The number of carbonyl (C=O) groups excluding carboxylic acids is 1. The molecule has 1 aromatic carbocycles. The van der Waals surface area contributed by atoms with E-state index in [1.54, 1.807) is 14.2 Å². The minimum Gasteiger partial charge on any atom is -0.497 e. The van der Waals surface area contributed by atoms with Crippen LogP contribution in [0.25, 0.3) is 0 Å². The summed E-state index contributed by atoms with van der Waals surface area (Å²) >= 11 is 0. The summed E-state index contributed by atoms with van der Waals surface area (Å²) in [4.78, 5) is 17.1. The number of hydrogen-bond acceptors (Lipinski definition) is 4. The molecule has 144 valence electrons. The summed E-state index contributed by atoms with van der Waals surface area (Å²) in [7, 11) is 3.34. The van der Waals surface area contributed by atoms with Crippen molar-refractivity contribution in [3.05, 3.63) is 35.9 Å². The highest BCUT2D eigenvalue weighted by Gasteiger charge is 2.28. The van der Waals surface area contributed by atoms with E-state index in [4.69, 9.17) is 9.47 Å². The van der Waals surface area contributed by atoms with Crippen LogP contribution in [0.3, 0.4) is 0 Å². The summed E-state index contributed by atoms with van der Waals surface area (Å²) in [6.07, 6.45) is 1.81. The first-order chi connectivity index (χ1) is 12.5. The molecule has 0 atom stereocenters. The number of amides is 1. The fraction of sp³-hybridized carbons (Fsp3) is 0.571. The number of likely N-dealkylation sites (N-methyl/N-ethyl adjacent to an activating group) is 1. The Bertz CT molecular complexity index is 622. The molecule has 5 nitrogen and oxygen atoms in total.